The maximum atomic E-state index is 4.31. The summed E-state index contributed by atoms with van der Waals surface area (Å²) in [7, 11) is 0. The highest BCUT2D eigenvalue weighted by Crippen LogP contribution is 2.36. The molecule has 0 radical (unpaired) electrons. The number of hydrogen-bond acceptors (Lipinski definition) is 3. The average molecular weight is 248 g/mol. The van der Waals surface area contributed by atoms with E-state index >= 15 is 0 Å². The third kappa shape index (κ3) is 2.31. The molecular weight excluding hydrogens is 224 g/mol. The molecule has 3 rings (SSSR count). The topological polar surface area (TPSA) is 33.1 Å². The smallest absolute Gasteiger partial charge is 0.0536 e. The van der Waals surface area contributed by atoms with Crippen LogP contribution in [-0.4, -0.2) is 45.9 Å². The van der Waals surface area contributed by atoms with Crippen molar-refractivity contribution in [3.8, 4) is 0 Å². The van der Waals surface area contributed by atoms with Crippen LogP contribution in [0, 0.1) is 0 Å². The highest BCUT2D eigenvalue weighted by atomic mass is 15.3. The van der Waals surface area contributed by atoms with Crippen LogP contribution >= 0.6 is 0 Å². The van der Waals surface area contributed by atoms with Gasteiger partial charge in [0.25, 0.3) is 0 Å². The van der Waals surface area contributed by atoms with Crippen LogP contribution in [0.15, 0.2) is 18.5 Å². The molecule has 0 aromatic carbocycles. The van der Waals surface area contributed by atoms with Gasteiger partial charge >= 0.3 is 0 Å². The van der Waals surface area contributed by atoms with Gasteiger partial charge in [-0.1, -0.05) is 12.8 Å². The normalized spacial score (nSPS) is 27.9. The lowest BCUT2D eigenvalue weighted by Gasteiger charge is -2.47. The van der Waals surface area contributed by atoms with Gasteiger partial charge in [-0.05, 0) is 25.8 Å². The number of aromatic nitrogens is 2. The molecule has 1 aromatic heterocycles. The zero-order valence-electron chi connectivity index (χ0n) is 11.3. The van der Waals surface area contributed by atoms with Gasteiger partial charge in [-0.25, -0.2) is 0 Å². The summed E-state index contributed by atoms with van der Waals surface area (Å²) in [4.78, 5) is 2.73. The van der Waals surface area contributed by atoms with Crippen molar-refractivity contribution in [3.05, 3.63) is 18.5 Å². The molecule has 0 bridgehead atoms. The van der Waals surface area contributed by atoms with E-state index in [1.54, 1.807) is 0 Å². The van der Waals surface area contributed by atoms with Crippen LogP contribution in [0.4, 0.5) is 0 Å². The number of nitrogens with zero attached hydrogens (tertiary/aromatic N) is 3. The van der Waals surface area contributed by atoms with Crippen LogP contribution in [0.3, 0.4) is 0 Å². The van der Waals surface area contributed by atoms with E-state index in [1.807, 2.05) is 12.3 Å². The van der Waals surface area contributed by atoms with Crippen molar-refractivity contribution in [3.63, 3.8) is 0 Å². The molecule has 1 spiro atoms. The van der Waals surface area contributed by atoms with E-state index < -0.39 is 0 Å². The van der Waals surface area contributed by atoms with Gasteiger partial charge in [0.15, 0.2) is 0 Å². The minimum Gasteiger partial charge on any atom is -0.311 e. The molecule has 1 aliphatic heterocycles. The van der Waals surface area contributed by atoms with Crippen molar-refractivity contribution >= 4 is 0 Å². The molecule has 1 unspecified atom stereocenters. The molecule has 1 saturated heterocycles. The Morgan fingerprint density at radius 3 is 2.89 bits per heavy atom. The molecule has 1 atom stereocenters. The molecule has 100 valence electrons. The molecule has 2 fully saturated rings. The van der Waals surface area contributed by atoms with E-state index in [0.717, 1.165) is 13.1 Å². The highest BCUT2D eigenvalue weighted by molar-refractivity contribution is 5.01. The van der Waals surface area contributed by atoms with Crippen LogP contribution in [0.5, 0.6) is 0 Å². The maximum absolute atomic E-state index is 4.31. The second kappa shape index (κ2) is 5.02. The summed E-state index contributed by atoms with van der Waals surface area (Å²) in [6.07, 6.45) is 9.46. The summed E-state index contributed by atoms with van der Waals surface area (Å²) >= 11 is 0. The molecule has 0 amide bonds. The molecule has 2 aliphatic rings. The zero-order valence-corrected chi connectivity index (χ0v) is 11.3. The standard InChI is InChI=1S/C14H24N4/c1-13-11-17(9-10-18-8-4-7-16-18)14(12-15-13)5-2-3-6-14/h4,7-8,13,15H,2-3,5-6,9-12H2,1H3. The Morgan fingerprint density at radius 1 is 1.33 bits per heavy atom. The van der Waals surface area contributed by atoms with Gasteiger partial charge in [-0.15, -0.1) is 0 Å². The van der Waals surface area contributed by atoms with Crippen LogP contribution in [0.1, 0.15) is 32.6 Å². The monoisotopic (exact) mass is 248 g/mol. The van der Waals surface area contributed by atoms with E-state index in [9.17, 15) is 0 Å². The number of hydrogen-bond donors (Lipinski definition) is 1. The first kappa shape index (κ1) is 12.2. The Morgan fingerprint density at radius 2 is 2.17 bits per heavy atom. The average Bonchev–Trinajstić information content (AvgIpc) is 3.03. The summed E-state index contributed by atoms with van der Waals surface area (Å²) in [6, 6.07) is 2.62. The predicted octanol–water partition coefficient (Wildman–Crippen LogP) is 1.49. The Labute approximate surface area is 109 Å². The Bertz CT molecular complexity index is 367. The van der Waals surface area contributed by atoms with Crippen LogP contribution in [0.25, 0.3) is 0 Å². The minimum absolute atomic E-state index is 0.444. The molecule has 18 heavy (non-hydrogen) atoms. The second-order valence-corrected chi connectivity index (χ2v) is 5.93. The Hall–Kier alpha value is -0.870. The van der Waals surface area contributed by atoms with Gasteiger partial charge in [0.2, 0.25) is 0 Å². The van der Waals surface area contributed by atoms with E-state index in [1.165, 1.54) is 38.8 Å². The van der Waals surface area contributed by atoms with Crippen molar-refractivity contribution in [2.45, 2.75) is 50.7 Å². The van der Waals surface area contributed by atoms with Crippen molar-refractivity contribution in [1.82, 2.24) is 20.0 Å². The van der Waals surface area contributed by atoms with E-state index in [2.05, 4.69) is 33.1 Å². The second-order valence-electron chi connectivity index (χ2n) is 5.93. The van der Waals surface area contributed by atoms with Crippen LogP contribution < -0.4 is 5.32 Å². The first-order valence-corrected chi connectivity index (χ1v) is 7.24. The van der Waals surface area contributed by atoms with Gasteiger partial charge in [-0.3, -0.25) is 9.58 Å². The fraction of sp³-hybridized carbons (Fsp3) is 0.786. The Kier molecular flexibility index (Phi) is 3.39. The lowest BCUT2D eigenvalue weighted by atomic mass is 9.91. The first-order valence-electron chi connectivity index (χ1n) is 7.24. The van der Waals surface area contributed by atoms with Gasteiger partial charge in [0.1, 0.15) is 0 Å². The van der Waals surface area contributed by atoms with E-state index in [0.29, 0.717) is 11.6 Å². The fourth-order valence-electron chi connectivity index (χ4n) is 3.58. The predicted molar refractivity (Wildman–Crippen MR) is 72.5 cm³/mol. The molecule has 1 saturated carbocycles. The van der Waals surface area contributed by atoms with Gasteiger partial charge in [-0.2, -0.15) is 5.10 Å². The lowest BCUT2D eigenvalue weighted by molar-refractivity contribution is 0.0427. The molecule has 4 heteroatoms. The number of piperazine rings is 1. The van der Waals surface area contributed by atoms with Crippen molar-refractivity contribution in [1.29, 1.82) is 0 Å². The summed E-state index contributed by atoms with van der Waals surface area (Å²) in [5, 5.41) is 7.98. The van der Waals surface area contributed by atoms with Crippen molar-refractivity contribution in [2.24, 2.45) is 0 Å². The summed E-state index contributed by atoms with van der Waals surface area (Å²) in [5.41, 5.74) is 0.444. The van der Waals surface area contributed by atoms with Gasteiger partial charge in [0.05, 0.1) is 6.54 Å². The summed E-state index contributed by atoms with van der Waals surface area (Å²) in [6.45, 7) is 6.80. The number of nitrogens with one attached hydrogen (secondary N) is 1. The molecule has 2 heterocycles. The molecule has 4 nitrogen and oxygen atoms in total. The number of rotatable bonds is 3. The Balaban J connectivity index is 1.66. The van der Waals surface area contributed by atoms with Crippen molar-refractivity contribution < 1.29 is 0 Å². The third-order valence-corrected chi connectivity index (χ3v) is 4.64. The lowest BCUT2D eigenvalue weighted by Crippen LogP contribution is -2.63. The fourth-order valence-corrected chi connectivity index (χ4v) is 3.58. The van der Waals surface area contributed by atoms with Crippen LogP contribution in [0.2, 0.25) is 0 Å². The summed E-state index contributed by atoms with van der Waals surface area (Å²) in [5.74, 6) is 0. The quantitative estimate of drug-likeness (QED) is 0.880. The largest absolute Gasteiger partial charge is 0.311 e. The molecule has 1 aromatic rings. The van der Waals surface area contributed by atoms with Crippen LogP contribution in [-0.2, 0) is 6.54 Å². The summed E-state index contributed by atoms with van der Waals surface area (Å²) < 4.78 is 2.05. The van der Waals surface area contributed by atoms with Crippen molar-refractivity contribution in [2.75, 3.05) is 19.6 Å². The zero-order chi connectivity index (χ0) is 12.4. The van der Waals surface area contributed by atoms with E-state index in [-0.39, 0.29) is 0 Å². The first-order chi connectivity index (χ1) is 8.78. The highest BCUT2D eigenvalue weighted by Gasteiger charge is 2.42. The minimum atomic E-state index is 0.444. The maximum Gasteiger partial charge on any atom is 0.0536 e. The van der Waals surface area contributed by atoms with Gasteiger partial charge in [0, 0.05) is 43.6 Å². The SMILES string of the molecule is CC1CN(CCn2cccn2)C2(CCCC2)CN1. The molecule has 1 N–H and O–H groups in total. The van der Waals surface area contributed by atoms with E-state index in [4.69, 9.17) is 0 Å². The molecular formula is C14H24N4. The third-order valence-electron chi connectivity index (χ3n) is 4.64. The van der Waals surface area contributed by atoms with Gasteiger partial charge < -0.3 is 5.32 Å². The molecule has 1 aliphatic carbocycles.